The van der Waals surface area contributed by atoms with E-state index in [4.69, 9.17) is 4.52 Å². The standard InChI is InChI=1S/C8H11NO2/c1-2-3-4-8-5-7(6-10)9-11-8/h5-6H,2-4H2,1H3. The summed E-state index contributed by atoms with van der Waals surface area (Å²) in [4.78, 5) is 10.2. The molecule has 1 heterocycles. The zero-order valence-electron chi connectivity index (χ0n) is 6.54. The fraction of sp³-hybridized carbons (Fsp3) is 0.500. The zero-order valence-corrected chi connectivity index (χ0v) is 6.54. The molecular weight excluding hydrogens is 142 g/mol. The number of hydrogen-bond donors (Lipinski definition) is 0. The Bertz CT molecular complexity index is 230. The number of aldehydes is 1. The van der Waals surface area contributed by atoms with Crippen molar-refractivity contribution in [1.29, 1.82) is 0 Å². The SMILES string of the molecule is CCCCc1cc(C=O)no1. The van der Waals surface area contributed by atoms with Crippen LogP contribution in [0.2, 0.25) is 0 Å². The lowest BCUT2D eigenvalue weighted by atomic mass is 10.2. The van der Waals surface area contributed by atoms with Gasteiger partial charge in [-0.1, -0.05) is 18.5 Å². The van der Waals surface area contributed by atoms with Gasteiger partial charge in [-0.25, -0.2) is 0 Å². The Kier molecular flexibility index (Phi) is 2.83. The maximum atomic E-state index is 10.2. The number of rotatable bonds is 4. The summed E-state index contributed by atoms with van der Waals surface area (Å²) in [6, 6.07) is 1.68. The van der Waals surface area contributed by atoms with Gasteiger partial charge in [-0.3, -0.25) is 4.79 Å². The number of carbonyl (C=O) groups excluding carboxylic acids is 1. The highest BCUT2D eigenvalue weighted by Crippen LogP contribution is 2.05. The van der Waals surface area contributed by atoms with Crippen LogP contribution in [0.1, 0.15) is 36.0 Å². The summed E-state index contributed by atoms with van der Waals surface area (Å²) in [5, 5.41) is 3.54. The van der Waals surface area contributed by atoms with Gasteiger partial charge >= 0.3 is 0 Å². The van der Waals surface area contributed by atoms with Crippen LogP contribution in [-0.2, 0) is 6.42 Å². The first-order valence-electron chi connectivity index (χ1n) is 3.77. The second-order valence-corrected chi connectivity index (χ2v) is 2.44. The van der Waals surface area contributed by atoms with Gasteiger partial charge in [0.1, 0.15) is 11.5 Å². The average Bonchev–Trinajstić information content (AvgIpc) is 2.48. The van der Waals surface area contributed by atoms with E-state index in [2.05, 4.69) is 12.1 Å². The number of hydrogen-bond acceptors (Lipinski definition) is 3. The highest BCUT2D eigenvalue weighted by atomic mass is 16.5. The molecule has 11 heavy (non-hydrogen) atoms. The highest BCUT2D eigenvalue weighted by molar-refractivity contribution is 5.71. The van der Waals surface area contributed by atoms with Crippen LogP contribution in [0.25, 0.3) is 0 Å². The Morgan fingerprint density at radius 1 is 1.73 bits per heavy atom. The van der Waals surface area contributed by atoms with Crippen molar-refractivity contribution in [2.45, 2.75) is 26.2 Å². The van der Waals surface area contributed by atoms with Crippen molar-refractivity contribution in [3.05, 3.63) is 17.5 Å². The van der Waals surface area contributed by atoms with E-state index >= 15 is 0 Å². The average molecular weight is 153 g/mol. The van der Waals surface area contributed by atoms with E-state index in [1.165, 1.54) is 0 Å². The zero-order chi connectivity index (χ0) is 8.10. The third kappa shape index (κ3) is 2.18. The van der Waals surface area contributed by atoms with E-state index in [0.29, 0.717) is 12.0 Å². The fourth-order valence-electron chi connectivity index (χ4n) is 0.853. The number of nitrogens with zero attached hydrogens (tertiary/aromatic N) is 1. The van der Waals surface area contributed by atoms with E-state index in [1.54, 1.807) is 6.07 Å². The van der Waals surface area contributed by atoms with Crippen molar-refractivity contribution < 1.29 is 9.32 Å². The maximum absolute atomic E-state index is 10.2. The smallest absolute Gasteiger partial charge is 0.171 e. The van der Waals surface area contributed by atoms with E-state index in [-0.39, 0.29) is 0 Å². The van der Waals surface area contributed by atoms with Crippen LogP contribution in [0.15, 0.2) is 10.6 Å². The van der Waals surface area contributed by atoms with Gasteiger partial charge in [-0.2, -0.15) is 0 Å². The van der Waals surface area contributed by atoms with Crippen LogP contribution < -0.4 is 0 Å². The molecule has 0 fully saturated rings. The minimum atomic E-state index is 0.385. The predicted molar refractivity (Wildman–Crippen MR) is 40.5 cm³/mol. The normalized spacial score (nSPS) is 9.91. The highest BCUT2D eigenvalue weighted by Gasteiger charge is 2.00. The van der Waals surface area contributed by atoms with Crippen molar-refractivity contribution in [2.75, 3.05) is 0 Å². The second-order valence-electron chi connectivity index (χ2n) is 2.44. The van der Waals surface area contributed by atoms with Crippen LogP contribution >= 0.6 is 0 Å². The van der Waals surface area contributed by atoms with Crippen LogP contribution in [0.3, 0.4) is 0 Å². The molecule has 0 aromatic carbocycles. The Labute approximate surface area is 65.4 Å². The van der Waals surface area contributed by atoms with Gasteiger partial charge in [0.05, 0.1) is 0 Å². The number of aromatic nitrogens is 1. The van der Waals surface area contributed by atoms with Crippen LogP contribution in [0, 0.1) is 0 Å². The summed E-state index contributed by atoms with van der Waals surface area (Å²) in [5.41, 5.74) is 0.385. The molecule has 3 nitrogen and oxygen atoms in total. The van der Waals surface area contributed by atoms with Gasteiger partial charge in [0.15, 0.2) is 6.29 Å². The molecule has 0 radical (unpaired) electrons. The van der Waals surface area contributed by atoms with Crippen molar-refractivity contribution in [3.63, 3.8) is 0 Å². The van der Waals surface area contributed by atoms with Crippen LogP contribution in [-0.4, -0.2) is 11.4 Å². The molecule has 0 unspecified atom stereocenters. The topological polar surface area (TPSA) is 43.1 Å². The lowest BCUT2D eigenvalue weighted by molar-refractivity contribution is 0.111. The van der Waals surface area contributed by atoms with Gasteiger partial charge in [-0.05, 0) is 6.42 Å². The van der Waals surface area contributed by atoms with Gasteiger partial charge in [0.25, 0.3) is 0 Å². The number of carbonyl (C=O) groups is 1. The molecule has 0 aliphatic heterocycles. The molecule has 0 atom stereocenters. The minimum Gasteiger partial charge on any atom is -0.361 e. The summed E-state index contributed by atoms with van der Waals surface area (Å²) in [5.74, 6) is 0.800. The predicted octanol–water partition coefficient (Wildman–Crippen LogP) is 1.83. The number of unbranched alkanes of at least 4 members (excludes halogenated alkanes) is 1. The Hall–Kier alpha value is -1.12. The van der Waals surface area contributed by atoms with E-state index in [0.717, 1.165) is 25.0 Å². The summed E-state index contributed by atoms with van der Waals surface area (Å²) < 4.78 is 4.88. The molecular formula is C8H11NO2. The van der Waals surface area contributed by atoms with Gasteiger partial charge in [0, 0.05) is 12.5 Å². The Balaban J connectivity index is 2.51. The van der Waals surface area contributed by atoms with Crippen LogP contribution in [0.5, 0.6) is 0 Å². The molecule has 1 rings (SSSR count). The lowest BCUT2D eigenvalue weighted by Gasteiger charge is -1.88. The van der Waals surface area contributed by atoms with Crippen molar-refractivity contribution in [2.24, 2.45) is 0 Å². The quantitative estimate of drug-likeness (QED) is 0.620. The molecule has 0 saturated heterocycles. The third-order valence-electron chi connectivity index (χ3n) is 1.47. The first kappa shape index (κ1) is 7.98. The molecule has 0 amide bonds. The molecule has 60 valence electrons. The third-order valence-corrected chi connectivity index (χ3v) is 1.47. The van der Waals surface area contributed by atoms with E-state index < -0.39 is 0 Å². The van der Waals surface area contributed by atoms with Gasteiger partial charge in [0.2, 0.25) is 0 Å². The second kappa shape index (κ2) is 3.91. The summed E-state index contributed by atoms with van der Waals surface area (Å²) in [7, 11) is 0. The first-order chi connectivity index (χ1) is 5.36. The summed E-state index contributed by atoms with van der Waals surface area (Å²) in [6.07, 6.45) is 3.76. The molecule has 0 spiro atoms. The monoisotopic (exact) mass is 153 g/mol. The molecule has 0 N–H and O–H groups in total. The van der Waals surface area contributed by atoms with Gasteiger partial charge < -0.3 is 4.52 Å². The molecule has 0 bridgehead atoms. The first-order valence-corrected chi connectivity index (χ1v) is 3.77. The molecule has 0 aliphatic rings. The number of aryl methyl sites for hydroxylation is 1. The largest absolute Gasteiger partial charge is 0.361 e. The molecule has 0 saturated carbocycles. The van der Waals surface area contributed by atoms with Crippen molar-refractivity contribution in [1.82, 2.24) is 5.16 Å². The Morgan fingerprint density at radius 2 is 2.55 bits per heavy atom. The lowest BCUT2D eigenvalue weighted by Crippen LogP contribution is -1.79. The van der Waals surface area contributed by atoms with Crippen LogP contribution in [0.4, 0.5) is 0 Å². The molecule has 1 aromatic rings. The molecule has 0 aliphatic carbocycles. The van der Waals surface area contributed by atoms with E-state index in [9.17, 15) is 4.79 Å². The molecule has 1 aromatic heterocycles. The Morgan fingerprint density at radius 3 is 3.09 bits per heavy atom. The minimum absolute atomic E-state index is 0.385. The van der Waals surface area contributed by atoms with Gasteiger partial charge in [-0.15, -0.1) is 0 Å². The van der Waals surface area contributed by atoms with Crippen molar-refractivity contribution in [3.8, 4) is 0 Å². The fourth-order valence-corrected chi connectivity index (χ4v) is 0.853. The summed E-state index contributed by atoms with van der Waals surface area (Å²) in [6.45, 7) is 2.11. The summed E-state index contributed by atoms with van der Waals surface area (Å²) >= 11 is 0. The van der Waals surface area contributed by atoms with E-state index in [1.807, 2.05) is 0 Å². The maximum Gasteiger partial charge on any atom is 0.171 e. The van der Waals surface area contributed by atoms with Crippen molar-refractivity contribution >= 4 is 6.29 Å². The molecule has 3 heteroatoms.